The molecule has 1 aromatic heterocycles. The summed E-state index contributed by atoms with van der Waals surface area (Å²) in [6.45, 7) is 5.65. The van der Waals surface area contributed by atoms with E-state index in [1.165, 1.54) is 3.57 Å². The summed E-state index contributed by atoms with van der Waals surface area (Å²) in [5.41, 5.74) is 1.14. The Morgan fingerprint density at radius 2 is 2.00 bits per heavy atom. The van der Waals surface area contributed by atoms with Crippen LogP contribution in [0.25, 0.3) is 11.4 Å². The van der Waals surface area contributed by atoms with E-state index < -0.39 is 0 Å². The van der Waals surface area contributed by atoms with E-state index >= 15 is 0 Å². The first-order valence-corrected chi connectivity index (χ1v) is 7.13. The number of rotatable bonds is 5. The third-order valence-corrected chi connectivity index (χ3v) is 3.32. The SMILES string of the molecule is CC(C)OCCn1ccnc1-c1ccc(I)cc1. The quantitative estimate of drug-likeness (QED) is 0.766. The summed E-state index contributed by atoms with van der Waals surface area (Å²) in [5.74, 6) is 0.999. The van der Waals surface area contributed by atoms with Gasteiger partial charge in [-0.15, -0.1) is 0 Å². The van der Waals surface area contributed by atoms with Crippen LogP contribution in [0, 0.1) is 3.57 Å². The highest BCUT2D eigenvalue weighted by Gasteiger charge is 2.05. The lowest BCUT2D eigenvalue weighted by atomic mass is 10.2. The fourth-order valence-electron chi connectivity index (χ4n) is 1.74. The van der Waals surface area contributed by atoms with E-state index in [1.807, 2.05) is 26.2 Å². The third kappa shape index (κ3) is 3.55. The number of hydrogen-bond acceptors (Lipinski definition) is 2. The Morgan fingerprint density at radius 1 is 1.28 bits per heavy atom. The van der Waals surface area contributed by atoms with Gasteiger partial charge in [-0.05, 0) is 48.6 Å². The predicted molar refractivity (Wildman–Crippen MR) is 81.5 cm³/mol. The van der Waals surface area contributed by atoms with Crippen LogP contribution < -0.4 is 0 Å². The average Bonchev–Trinajstić information content (AvgIpc) is 2.78. The second-order valence-electron chi connectivity index (χ2n) is 4.37. The fourth-order valence-corrected chi connectivity index (χ4v) is 2.10. The minimum atomic E-state index is 0.273. The highest BCUT2D eigenvalue weighted by atomic mass is 127. The van der Waals surface area contributed by atoms with E-state index in [2.05, 4.69) is 56.4 Å². The van der Waals surface area contributed by atoms with Crippen molar-refractivity contribution in [2.75, 3.05) is 6.61 Å². The number of hydrogen-bond donors (Lipinski definition) is 0. The van der Waals surface area contributed by atoms with Crippen LogP contribution in [-0.2, 0) is 11.3 Å². The molecule has 0 fully saturated rings. The topological polar surface area (TPSA) is 27.1 Å². The molecule has 3 nitrogen and oxygen atoms in total. The standard InChI is InChI=1S/C14H17IN2O/c1-11(2)18-10-9-17-8-7-16-14(17)12-3-5-13(15)6-4-12/h3-8,11H,9-10H2,1-2H3. The molecule has 4 heteroatoms. The molecule has 1 heterocycles. The molecule has 2 rings (SSSR count). The lowest BCUT2D eigenvalue weighted by Crippen LogP contribution is -2.10. The Morgan fingerprint density at radius 3 is 2.67 bits per heavy atom. The first-order valence-electron chi connectivity index (χ1n) is 6.05. The molecule has 0 atom stereocenters. The van der Waals surface area contributed by atoms with Gasteiger partial charge in [0.1, 0.15) is 5.82 Å². The van der Waals surface area contributed by atoms with Crippen LogP contribution in [0.2, 0.25) is 0 Å². The van der Waals surface area contributed by atoms with E-state index in [1.54, 1.807) is 0 Å². The zero-order valence-electron chi connectivity index (χ0n) is 10.6. The van der Waals surface area contributed by atoms with Gasteiger partial charge in [0.2, 0.25) is 0 Å². The van der Waals surface area contributed by atoms with Crippen LogP contribution in [0.15, 0.2) is 36.7 Å². The highest BCUT2D eigenvalue weighted by molar-refractivity contribution is 14.1. The molecule has 0 N–H and O–H groups in total. The molecule has 0 saturated heterocycles. The first-order chi connectivity index (χ1) is 8.66. The van der Waals surface area contributed by atoms with Gasteiger partial charge in [-0.3, -0.25) is 0 Å². The largest absolute Gasteiger partial charge is 0.377 e. The summed E-state index contributed by atoms with van der Waals surface area (Å²) < 4.78 is 8.94. The smallest absolute Gasteiger partial charge is 0.139 e. The van der Waals surface area contributed by atoms with Gasteiger partial charge in [0.15, 0.2) is 0 Å². The van der Waals surface area contributed by atoms with Crippen molar-refractivity contribution < 1.29 is 4.74 Å². The van der Waals surface area contributed by atoms with Gasteiger partial charge in [-0.1, -0.05) is 12.1 Å². The molecule has 1 aromatic carbocycles. The van der Waals surface area contributed by atoms with Crippen LogP contribution in [0.4, 0.5) is 0 Å². The molecule has 2 aromatic rings. The second kappa shape index (κ2) is 6.33. The minimum Gasteiger partial charge on any atom is -0.377 e. The van der Waals surface area contributed by atoms with Gasteiger partial charge in [-0.2, -0.15) is 0 Å². The molecule has 0 aliphatic carbocycles. The third-order valence-electron chi connectivity index (χ3n) is 2.60. The zero-order chi connectivity index (χ0) is 13.0. The maximum Gasteiger partial charge on any atom is 0.139 e. The van der Waals surface area contributed by atoms with Crippen molar-refractivity contribution in [2.24, 2.45) is 0 Å². The van der Waals surface area contributed by atoms with E-state index in [-0.39, 0.29) is 6.10 Å². The molecule has 0 radical (unpaired) electrons. The lowest BCUT2D eigenvalue weighted by molar-refractivity contribution is 0.0729. The average molecular weight is 356 g/mol. The van der Waals surface area contributed by atoms with E-state index in [0.717, 1.165) is 17.9 Å². The van der Waals surface area contributed by atoms with Crippen molar-refractivity contribution in [3.63, 3.8) is 0 Å². The summed E-state index contributed by atoms with van der Waals surface area (Å²) in [6, 6.07) is 8.40. The van der Waals surface area contributed by atoms with Crippen molar-refractivity contribution in [1.29, 1.82) is 0 Å². The lowest BCUT2D eigenvalue weighted by Gasteiger charge is -2.10. The van der Waals surface area contributed by atoms with Crippen molar-refractivity contribution in [3.8, 4) is 11.4 Å². The number of imidazole rings is 1. The van der Waals surface area contributed by atoms with Crippen molar-refractivity contribution in [1.82, 2.24) is 9.55 Å². The molecule has 0 bridgehead atoms. The van der Waals surface area contributed by atoms with Gasteiger partial charge in [0.05, 0.1) is 12.7 Å². The normalized spacial score (nSPS) is 11.1. The molecule has 96 valence electrons. The number of benzene rings is 1. The summed E-state index contributed by atoms with van der Waals surface area (Å²) in [4.78, 5) is 4.42. The van der Waals surface area contributed by atoms with Crippen molar-refractivity contribution >= 4 is 22.6 Å². The van der Waals surface area contributed by atoms with E-state index in [9.17, 15) is 0 Å². The Hall–Kier alpha value is -0.880. The highest BCUT2D eigenvalue weighted by Crippen LogP contribution is 2.18. The maximum absolute atomic E-state index is 5.58. The van der Waals surface area contributed by atoms with Crippen LogP contribution in [0.5, 0.6) is 0 Å². The predicted octanol–water partition coefficient (Wildman–Crippen LogP) is 3.58. The Kier molecular flexibility index (Phi) is 4.77. The number of nitrogens with zero attached hydrogens (tertiary/aromatic N) is 2. The van der Waals surface area contributed by atoms with E-state index in [0.29, 0.717) is 6.61 Å². The Labute approximate surface area is 121 Å². The van der Waals surface area contributed by atoms with Gasteiger partial charge >= 0.3 is 0 Å². The molecule has 0 aliphatic heterocycles. The summed E-state index contributed by atoms with van der Waals surface area (Å²) >= 11 is 2.31. The molecular weight excluding hydrogens is 339 g/mol. The molecule has 0 spiro atoms. The first kappa shape index (κ1) is 13.5. The molecule has 0 unspecified atom stereocenters. The molecule has 0 saturated carbocycles. The van der Waals surface area contributed by atoms with Gasteiger partial charge in [0.25, 0.3) is 0 Å². The molecule has 18 heavy (non-hydrogen) atoms. The summed E-state index contributed by atoms with van der Waals surface area (Å²) in [6.07, 6.45) is 4.11. The van der Waals surface area contributed by atoms with Gasteiger partial charge in [0, 0.05) is 28.1 Å². The molecular formula is C14H17IN2O. The van der Waals surface area contributed by atoms with Crippen LogP contribution in [0.3, 0.4) is 0 Å². The van der Waals surface area contributed by atoms with Gasteiger partial charge in [-0.25, -0.2) is 4.98 Å². The van der Waals surface area contributed by atoms with Crippen LogP contribution in [-0.4, -0.2) is 22.3 Å². The number of aromatic nitrogens is 2. The second-order valence-corrected chi connectivity index (χ2v) is 5.62. The van der Waals surface area contributed by atoms with Crippen molar-refractivity contribution in [2.45, 2.75) is 26.5 Å². The van der Waals surface area contributed by atoms with Crippen LogP contribution >= 0.6 is 22.6 Å². The fraction of sp³-hybridized carbons (Fsp3) is 0.357. The monoisotopic (exact) mass is 356 g/mol. The summed E-state index contributed by atoms with van der Waals surface area (Å²) in [5, 5.41) is 0. The van der Waals surface area contributed by atoms with Gasteiger partial charge < -0.3 is 9.30 Å². The Balaban J connectivity index is 2.10. The van der Waals surface area contributed by atoms with Crippen LogP contribution in [0.1, 0.15) is 13.8 Å². The summed E-state index contributed by atoms with van der Waals surface area (Å²) in [7, 11) is 0. The van der Waals surface area contributed by atoms with Crippen molar-refractivity contribution in [3.05, 3.63) is 40.2 Å². The zero-order valence-corrected chi connectivity index (χ0v) is 12.8. The molecule has 0 amide bonds. The minimum absolute atomic E-state index is 0.273. The number of halogens is 1. The van der Waals surface area contributed by atoms with E-state index in [4.69, 9.17) is 4.74 Å². The Bertz CT molecular complexity index is 491. The number of ether oxygens (including phenoxy) is 1. The maximum atomic E-state index is 5.58. The molecule has 0 aliphatic rings.